The number of carbonyl (C=O) groups is 2. The van der Waals surface area contributed by atoms with E-state index in [1.807, 2.05) is 0 Å². The summed E-state index contributed by atoms with van der Waals surface area (Å²) in [6, 6.07) is 2.47. The van der Waals surface area contributed by atoms with Gasteiger partial charge in [0, 0.05) is 0 Å². The Morgan fingerprint density at radius 2 is 2.18 bits per heavy atom. The van der Waals surface area contributed by atoms with E-state index in [1.165, 1.54) is 13.0 Å². The first-order chi connectivity index (χ1) is 8.02. The maximum atomic E-state index is 12.0. The molecule has 90 valence electrons. The van der Waals surface area contributed by atoms with Crippen molar-refractivity contribution in [2.75, 3.05) is 5.32 Å². The Labute approximate surface area is 94.7 Å². The van der Waals surface area contributed by atoms with Crippen LogP contribution in [0, 0.1) is 17.0 Å². The van der Waals surface area contributed by atoms with Crippen molar-refractivity contribution >= 4 is 23.7 Å². The molecule has 0 radical (unpaired) electrons. The number of carbonyl (C=O) groups excluding carboxylic acids is 2. The monoisotopic (exact) mass is 241 g/mol. The number of anilines is 1. The molecular weight excluding hydrogens is 233 g/mol. The fourth-order valence-electron chi connectivity index (χ4n) is 1.36. The van der Waals surface area contributed by atoms with E-state index in [9.17, 15) is 24.2 Å². The van der Waals surface area contributed by atoms with Crippen LogP contribution in [-0.4, -0.2) is 17.2 Å². The van der Waals surface area contributed by atoms with E-state index in [0.29, 0.717) is 5.56 Å². The van der Waals surface area contributed by atoms with Crippen LogP contribution in [0.1, 0.15) is 15.9 Å². The van der Waals surface area contributed by atoms with Crippen LogP contribution in [0.3, 0.4) is 0 Å². The first-order valence-corrected chi connectivity index (χ1v) is 4.42. The molecule has 0 heterocycles. The summed E-state index contributed by atoms with van der Waals surface area (Å²) in [6.45, 7) is 1.51. The molecule has 0 unspecified atom stereocenters. The summed E-state index contributed by atoms with van der Waals surface area (Å²) in [5, 5.41) is 13.0. The van der Waals surface area contributed by atoms with Gasteiger partial charge in [0.05, 0.1) is 4.92 Å². The molecule has 7 nitrogen and oxygen atoms in total. The molecule has 0 atom stereocenters. The molecule has 0 aliphatic heterocycles. The quantitative estimate of drug-likeness (QED) is 0.356. The number of hydrogen-bond acceptors (Lipinski definition) is 4. The molecule has 1 aromatic rings. The third-order valence-electron chi connectivity index (χ3n) is 2.10. The molecule has 0 fully saturated rings. The van der Waals surface area contributed by atoms with Gasteiger partial charge in [0.25, 0.3) is 5.91 Å². The fraction of sp³-hybridized carbons (Fsp3) is 0.111. The van der Waals surface area contributed by atoms with E-state index < -0.39 is 22.1 Å². The summed E-state index contributed by atoms with van der Waals surface area (Å²) < 4.78 is 12.0. The van der Waals surface area contributed by atoms with Crippen LogP contribution >= 0.6 is 0 Å². The zero-order valence-corrected chi connectivity index (χ0v) is 8.69. The van der Waals surface area contributed by atoms with E-state index in [4.69, 9.17) is 0 Å². The minimum atomic E-state index is -1.24. The first-order valence-electron chi connectivity index (χ1n) is 4.42. The average Bonchev–Trinajstić information content (AvgIpc) is 2.30. The largest absolute Gasteiger partial charge is 0.323 e. The van der Waals surface area contributed by atoms with E-state index in [-0.39, 0.29) is 12.1 Å². The SMILES string of the molecule is Cc1ccc(C(=O)NF)c([N+](=O)[O-])c1NC=O. The summed E-state index contributed by atoms with van der Waals surface area (Å²) in [5.41, 5.74) is -0.0506. The van der Waals surface area contributed by atoms with Gasteiger partial charge in [0.2, 0.25) is 6.41 Å². The number of nitrogens with zero attached hydrogens (tertiary/aromatic N) is 1. The predicted molar refractivity (Wildman–Crippen MR) is 56.1 cm³/mol. The van der Waals surface area contributed by atoms with Crippen LogP contribution in [0.25, 0.3) is 0 Å². The lowest BCUT2D eigenvalue weighted by atomic mass is 10.1. The standard InChI is InChI=1S/C9H8FN3O4/c1-5-2-3-6(9(15)12-10)8(13(16)17)7(5)11-4-14/h2-4H,1H3,(H,11,14)(H,12,15). The minimum absolute atomic E-state index is 0.133. The van der Waals surface area contributed by atoms with Crippen LogP contribution in [0.5, 0.6) is 0 Å². The second-order valence-electron chi connectivity index (χ2n) is 3.10. The van der Waals surface area contributed by atoms with Crippen LogP contribution in [-0.2, 0) is 4.79 Å². The van der Waals surface area contributed by atoms with Crippen LogP contribution in [0.15, 0.2) is 12.1 Å². The lowest BCUT2D eigenvalue weighted by Crippen LogP contribution is -2.17. The van der Waals surface area contributed by atoms with Crippen LogP contribution in [0.2, 0.25) is 0 Å². The van der Waals surface area contributed by atoms with Crippen molar-refractivity contribution in [1.82, 2.24) is 5.54 Å². The van der Waals surface area contributed by atoms with Gasteiger partial charge in [-0.25, -0.2) is 0 Å². The normalized spacial score (nSPS) is 9.53. The molecule has 17 heavy (non-hydrogen) atoms. The summed E-state index contributed by atoms with van der Waals surface area (Å²) in [4.78, 5) is 31.4. The van der Waals surface area contributed by atoms with Gasteiger partial charge in [0.1, 0.15) is 11.3 Å². The molecule has 1 aromatic carbocycles. The Hall–Kier alpha value is -2.51. The van der Waals surface area contributed by atoms with Gasteiger partial charge in [-0.2, -0.15) is 5.54 Å². The van der Waals surface area contributed by atoms with Crippen molar-refractivity contribution in [3.63, 3.8) is 0 Å². The highest BCUT2D eigenvalue weighted by molar-refractivity contribution is 6.01. The lowest BCUT2D eigenvalue weighted by Gasteiger charge is -2.08. The van der Waals surface area contributed by atoms with Crippen molar-refractivity contribution in [3.8, 4) is 0 Å². The number of benzene rings is 1. The number of hydrogen-bond donors (Lipinski definition) is 2. The first kappa shape index (κ1) is 12.6. The maximum Gasteiger partial charge on any atom is 0.305 e. The number of aryl methyl sites for hydroxylation is 1. The van der Waals surface area contributed by atoms with Crippen molar-refractivity contribution < 1.29 is 19.0 Å². The molecule has 0 bridgehead atoms. The summed E-state index contributed by atoms with van der Waals surface area (Å²) in [6.07, 6.45) is 0.243. The van der Waals surface area contributed by atoms with Crippen molar-refractivity contribution in [2.45, 2.75) is 6.92 Å². The molecule has 0 spiro atoms. The Balaban J connectivity index is 3.52. The Bertz CT molecular complexity index is 489. The van der Waals surface area contributed by atoms with E-state index in [2.05, 4.69) is 5.32 Å². The molecule has 0 saturated heterocycles. The third kappa shape index (κ3) is 2.36. The highest BCUT2D eigenvalue weighted by Crippen LogP contribution is 2.31. The van der Waals surface area contributed by atoms with Gasteiger partial charge < -0.3 is 5.32 Å². The minimum Gasteiger partial charge on any atom is -0.323 e. The number of rotatable bonds is 4. The van der Waals surface area contributed by atoms with Crippen molar-refractivity contribution in [1.29, 1.82) is 0 Å². The van der Waals surface area contributed by atoms with Gasteiger partial charge in [0.15, 0.2) is 0 Å². The molecule has 0 aliphatic carbocycles. The van der Waals surface area contributed by atoms with Gasteiger partial charge in [-0.1, -0.05) is 10.5 Å². The average molecular weight is 241 g/mol. The highest BCUT2D eigenvalue weighted by atomic mass is 19.2. The zero-order valence-electron chi connectivity index (χ0n) is 8.69. The Morgan fingerprint density at radius 1 is 1.53 bits per heavy atom. The summed E-state index contributed by atoms with van der Waals surface area (Å²) in [5.74, 6) is -1.24. The molecular formula is C9H8FN3O4. The molecule has 0 aliphatic rings. The molecule has 2 amide bonds. The summed E-state index contributed by atoms with van der Waals surface area (Å²) >= 11 is 0. The highest BCUT2D eigenvalue weighted by Gasteiger charge is 2.26. The second-order valence-corrected chi connectivity index (χ2v) is 3.10. The van der Waals surface area contributed by atoms with Gasteiger partial charge in [-0.15, -0.1) is 0 Å². The lowest BCUT2D eigenvalue weighted by molar-refractivity contribution is -0.384. The molecule has 8 heteroatoms. The van der Waals surface area contributed by atoms with E-state index >= 15 is 0 Å². The Morgan fingerprint density at radius 3 is 2.65 bits per heavy atom. The van der Waals surface area contributed by atoms with E-state index in [1.54, 1.807) is 0 Å². The zero-order chi connectivity index (χ0) is 13.0. The number of amides is 2. The maximum absolute atomic E-state index is 12.0. The smallest absolute Gasteiger partial charge is 0.305 e. The van der Waals surface area contributed by atoms with Crippen LogP contribution < -0.4 is 10.9 Å². The van der Waals surface area contributed by atoms with E-state index in [0.717, 1.165) is 11.6 Å². The Kier molecular flexibility index (Phi) is 3.70. The van der Waals surface area contributed by atoms with Gasteiger partial charge in [-0.3, -0.25) is 19.7 Å². The number of nitro benzene ring substituents is 1. The van der Waals surface area contributed by atoms with Crippen molar-refractivity contribution in [2.24, 2.45) is 0 Å². The molecule has 0 aromatic heterocycles. The molecule has 1 rings (SSSR count). The molecule has 0 saturated carbocycles. The second kappa shape index (κ2) is 5.01. The third-order valence-corrected chi connectivity index (χ3v) is 2.10. The number of nitrogens with one attached hydrogen (secondary N) is 2. The number of halogens is 1. The fourth-order valence-corrected chi connectivity index (χ4v) is 1.36. The molecule has 2 N–H and O–H groups in total. The van der Waals surface area contributed by atoms with Gasteiger partial charge in [-0.05, 0) is 18.6 Å². The predicted octanol–water partition coefficient (Wildman–Crippen LogP) is 1.09. The van der Waals surface area contributed by atoms with Crippen molar-refractivity contribution in [3.05, 3.63) is 33.4 Å². The van der Waals surface area contributed by atoms with Crippen LogP contribution in [0.4, 0.5) is 15.9 Å². The van der Waals surface area contributed by atoms with Gasteiger partial charge >= 0.3 is 5.69 Å². The summed E-state index contributed by atoms with van der Waals surface area (Å²) in [7, 11) is 0. The number of nitro groups is 1. The topological polar surface area (TPSA) is 101 Å².